The van der Waals surface area contributed by atoms with E-state index in [1.807, 2.05) is 11.0 Å². The number of piperazine rings is 1. The lowest BCUT2D eigenvalue weighted by Crippen LogP contribution is -2.46. The third-order valence-corrected chi connectivity index (χ3v) is 5.87. The van der Waals surface area contributed by atoms with Gasteiger partial charge in [-0.1, -0.05) is 30.3 Å². The van der Waals surface area contributed by atoms with E-state index < -0.39 is 6.10 Å². The molecule has 1 aliphatic rings. The molecule has 4 nitrogen and oxygen atoms in total. The van der Waals surface area contributed by atoms with Gasteiger partial charge in [0.25, 0.3) is 0 Å². The molecule has 0 amide bonds. The molecule has 7 heteroatoms. The van der Waals surface area contributed by atoms with E-state index in [0.29, 0.717) is 54.5 Å². The van der Waals surface area contributed by atoms with Crippen LogP contribution in [0.4, 0.5) is 14.5 Å². The Morgan fingerprint density at radius 1 is 1.00 bits per heavy atom. The molecule has 2 heterocycles. The van der Waals surface area contributed by atoms with Crippen LogP contribution in [0.5, 0.6) is 0 Å². The maximum Gasteiger partial charge on any atom is 0.146 e. The Morgan fingerprint density at radius 3 is 2.46 bits per heavy atom. The van der Waals surface area contributed by atoms with E-state index in [4.69, 9.17) is 0 Å². The van der Waals surface area contributed by atoms with Gasteiger partial charge in [-0.3, -0.25) is 4.90 Å². The van der Waals surface area contributed by atoms with Crippen LogP contribution in [0.1, 0.15) is 22.2 Å². The molecule has 28 heavy (non-hydrogen) atoms. The number of rotatable bonds is 5. The lowest BCUT2D eigenvalue weighted by Gasteiger charge is -2.37. The summed E-state index contributed by atoms with van der Waals surface area (Å²) >= 11 is 1.34. The van der Waals surface area contributed by atoms with Crippen LogP contribution in [0.2, 0.25) is 0 Å². The van der Waals surface area contributed by atoms with Crippen molar-refractivity contribution < 1.29 is 13.9 Å². The summed E-state index contributed by atoms with van der Waals surface area (Å²) in [5, 5.41) is 13.0. The van der Waals surface area contributed by atoms with Crippen LogP contribution in [-0.4, -0.2) is 41.2 Å². The number of aliphatic hydroxyl groups excluding tert-OH is 1. The quantitative estimate of drug-likeness (QED) is 0.706. The van der Waals surface area contributed by atoms with Crippen molar-refractivity contribution in [3.8, 4) is 0 Å². The summed E-state index contributed by atoms with van der Waals surface area (Å²) in [4.78, 5) is 8.28. The molecule has 2 aromatic carbocycles. The van der Waals surface area contributed by atoms with Crippen LogP contribution >= 0.6 is 11.3 Å². The lowest BCUT2D eigenvalue weighted by atomic mass is 10.0. The molecule has 4 rings (SSSR count). The molecule has 1 aromatic heterocycles. The minimum absolute atomic E-state index is 0.201. The Hall–Kier alpha value is -2.35. The summed E-state index contributed by atoms with van der Waals surface area (Å²) in [5.74, 6) is -0.552. The summed E-state index contributed by atoms with van der Waals surface area (Å²) in [6.45, 7) is 3.12. The van der Waals surface area contributed by atoms with Gasteiger partial charge in [-0.05, 0) is 12.1 Å². The SMILES string of the molecule is OC(c1nccs1)c1cccc(F)c1N1CCN(Cc2ccccc2F)CC1. The average molecular weight is 401 g/mol. The summed E-state index contributed by atoms with van der Waals surface area (Å²) in [6, 6.07) is 11.6. The fourth-order valence-electron chi connectivity index (χ4n) is 3.59. The molecule has 3 aromatic rings. The molecule has 0 aliphatic carbocycles. The van der Waals surface area contributed by atoms with Crippen molar-refractivity contribution in [3.05, 3.63) is 81.8 Å². The highest BCUT2D eigenvalue weighted by atomic mass is 32.1. The molecule has 0 spiro atoms. The maximum atomic E-state index is 14.7. The van der Waals surface area contributed by atoms with Crippen molar-refractivity contribution in [2.45, 2.75) is 12.6 Å². The first-order valence-corrected chi connectivity index (χ1v) is 10.1. The number of anilines is 1. The van der Waals surface area contributed by atoms with Gasteiger partial charge >= 0.3 is 0 Å². The van der Waals surface area contributed by atoms with Gasteiger partial charge in [0.2, 0.25) is 0 Å². The first-order chi connectivity index (χ1) is 13.6. The van der Waals surface area contributed by atoms with Gasteiger partial charge in [-0.2, -0.15) is 0 Å². The number of aliphatic hydroxyl groups is 1. The van der Waals surface area contributed by atoms with Gasteiger partial charge in [-0.25, -0.2) is 13.8 Å². The number of benzene rings is 2. The van der Waals surface area contributed by atoms with Gasteiger partial charge < -0.3 is 10.0 Å². The highest BCUT2D eigenvalue weighted by molar-refractivity contribution is 7.09. The molecule has 1 atom stereocenters. The monoisotopic (exact) mass is 401 g/mol. The fourth-order valence-corrected chi connectivity index (χ4v) is 4.22. The van der Waals surface area contributed by atoms with Crippen LogP contribution in [0, 0.1) is 11.6 Å². The Labute approximate surface area is 166 Å². The average Bonchev–Trinajstić information content (AvgIpc) is 3.25. The molecule has 0 bridgehead atoms. The van der Waals surface area contributed by atoms with E-state index in [0.717, 1.165) is 0 Å². The van der Waals surface area contributed by atoms with E-state index in [1.165, 1.54) is 23.5 Å². The molecular weight excluding hydrogens is 380 g/mol. The van der Waals surface area contributed by atoms with Crippen LogP contribution in [0.25, 0.3) is 0 Å². The second-order valence-electron chi connectivity index (χ2n) is 6.81. The van der Waals surface area contributed by atoms with Crippen molar-refractivity contribution >= 4 is 17.0 Å². The Morgan fingerprint density at radius 2 is 1.75 bits per heavy atom. The second kappa shape index (κ2) is 8.34. The molecule has 0 saturated carbocycles. The first kappa shape index (κ1) is 19.0. The van der Waals surface area contributed by atoms with Gasteiger partial charge in [0.1, 0.15) is 22.7 Å². The van der Waals surface area contributed by atoms with Crippen molar-refractivity contribution in [1.29, 1.82) is 0 Å². The molecule has 0 radical (unpaired) electrons. The maximum absolute atomic E-state index is 14.7. The summed E-state index contributed by atoms with van der Waals surface area (Å²) in [6.07, 6.45) is 0.672. The zero-order chi connectivity index (χ0) is 19.5. The summed E-state index contributed by atoms with van der Waals surface area (Å²) in [7, 11) is 0. The normalized spacial score (nSPS) is 16.3. The van der Waals surface area contributed by atoms with Gasteiger partial charge in [0, 0.05) is 55.4 Å². The molecule has 1 saturated heterocycles. The molecular formula is C21H21F2N3OS. The highest BCUT2D eigenvalue weighted by Crippen LogP contribution is 2.34. The molecule has 1 fully saturated rings. The zero-order valence-corrected chi connectivity index (χ0v) is 16.1. The minimum Gasteiger partial charge on any atom is -0.381 e. The molecule has 1 N–H and O–H groups in total. The number of thiazole rings is 1. The van der Waals surface area contributed by atoms with Gasteiger partial charge in [0.05, 0.1) is 5.69 Å². The lowest BCUT2D eigenvalue weighted by molar-refractivity contribution is 0.217. The number of hydrogen-bond donors (Lipinski definition) is 1. The molecule has 146 valence electrons. The van der Waals surface area contributed by atoms with Gasteiger partial charge in [0.15, 0.2) is 0 Å². The standard InChI is InChI=1S/C21H21F2N3OS/c22-17-6-2-1-4-15(17)14-25-9-11-26(12-10-25)19-16(5-3-7-18(19)23)20(27)21-24-8-13-28-21/h1-8,13,20,27H,9-12,14H2. The van der Waals surface area contributed by atoms with Crippen LogP contribution in [0.15, 0.2) is 54.0 Å². The second-order valence-corrected chi connectivity index (χ2v) is 7.73. The van der Waals surface area contributed by atoms with Crippen molar-refractivity contribution in [2.24, 2.45) is 0 Å². The van der Waals surface area contributed by atoms with E-state index >= 15 is 0 Å². The van der Waals surface area contributed by atoms with Crippen LogP contribution < -0.4 is 4.90 Å². The topological polar surface area (TPSA) is 39.6 Å². The van der Waals surface area contributed by atoms with E-state index in [9.17, 15) is 13.9 Å². The third kappa shape index (κ3) is 3.92. The molecule has 1 unspecified atom stereocenters. The summed E-state index contributed by atoms with van der Waals surface area (Å²) < 4.78 is 28.6. The zero-order valence-electron chi connectivity index (χ0n) is 15.3. The van der Waals surface area contributed by atoms with Crippen LogP contribution in [-0.2, 0) is 6.54 Å². The van der Waals surface area contributed by atoms with Crippen LogP contribution in [0.3, 0.4) is 0 Å². The van der Waals surface area contributed by atoms with E-state index in [2.05, 4.69) is 9.88 Å². The Balaban J connectivity index is 1.50. The number of aromatic nitrogens is 1. The Kier molecular flexibility index (Phi) is 5.66. The first-order valence-electron chi connectivity index (χ1n) is 9.20. The van der Waals surface area contributed by atoms with Crippen molar-refractivity contribution in [2.75, 3.05) is 31.1 Å². The number of para-hydroxylation sites is 1. The van der Waals surface area contributed by atoms with Gasteiger partial charge in [-0.15, -0.1) is 11.3 Å². The van der Waals surface area contributed by atoms with Crippen molar-refractivity contribution in [3.63, 3.8) is 0 Å². The van der Waals surface area contributed by atoms with Crippen molar-refractivity contribution in [1.82, 2.24) is 9.88 Å². The highest BCUT2D eigenvalue weighted by Gasteiger charge is 2.26. The molecule has 1 aliphatic heterocycles. The number of halogens is 2. The minimum atomic E-state index is -0.956. The van der Waals surface area contributed by atoms with E-state index in [1.54, 1.807) is 35.8 Å². The third-order valence-electron chi connectivity index (χ3n) is 5.04. The number of nitrogens with zero attached hydrogens (tertiary/aromatic N) is 3. The number of hydrogen-bond acceptors (Lipinski definition) is 5. The largest absolute Gasteiger partial charge is 0.381 e. The summed E-state index contributed by atoms with van der Waals surface area (Å²) in [5.41, 5.74) is 1.62. The predicted octanol–water partition coefficient (Wildman–Crippen LogP) is 3.83. The smallest absolute Gasteiger partial charge is 0.146 e. The predicted molar refractivity (Wildman–Crippen MR) is 106 cm³/mol. The van der Waals surface area contributed by atoms with E-state index in [-0.39, 0.29) is 11.6 Å². The Bertz CT molecular complexity index is 927. The fraction of sp³-hybridized carbons (Fsp3) is 0.286.